The summed E-state index contributed by atoms with van der Waals surface area (Å²) < 4.78 is 5.00. The highest BCUT2D eigenvalue weighted by Gasteiger charge is 2.73. The SMILES string of the molecule is CCOC(=O)c1ccc(NC(=O)C23CCC(C)(c4nc(C#N)c(C#N)nc42)C3(C)C)cc1. The van der Waals surface area contributed by atoms with Crippen molar-refractivity contribution in [2.45, 2.75) is 51.4 Å². The summed E-state index contributed by atoms with van der Waals surface area (Å²) in [5.41, 5.74) is -0.0367. The third-order valence-electron chi connectivity index (χ3n) is 7.52. The van der Waals surface area contributed by atoms with Crippen LogP contribution in [0.2, 0.25) is 0 Å². The number of esters is 1. The number of hydrogen-bond acceptors (Lipinski definition) is 7. The summed E-state index contributed by atoms with van der Waals surface area (Å²) in [6.45, 7) is 8.11. The van der Waals surface area contributed by atoms with Crippen LogP contribution in [-0.4, -0.2) is 28.5 Å². The Bertz CT molecular complexity index is 1220. The first kappa shape index (κ1) is 21.5. The number of ether oxygens (including phenoxy) is 1. The van der Waals surface area contributed by atoms with E-state index in [1.165, 1.54) is 0 Å². The van der Waals surface area contributed by atoms with E-state index >= 15 is 0 Å². The maximum absolute atomic E-state index is 13.8. The molecule has 162 valence electrons. The number of nitrogens with zero attached hydrogens (tertiary/aromatic N) is 4. The molecule has 1 saturated carbocycles. The molecule has 2 aromatic rings. The summed E-state index contributed by atoms with van der Waals surface area (Å²) in [7, 11) is 0. The van der Waals surface area contributed by atoms with Crippen molar-refractivity contribution in [2.75, 3.05) is 11.9 Å². The molecule has 8 heteroatoms. The normalized spacial score (nSPS) is 24.2. The van der Waals surface area contributed by atoms with Crippen LogP contribution in [0.1, 0.15) is 73.7 Å². The van der Waals surface area contributed by atoms with Gasteiger partial charge in [0, 0.05) is 11.1 Å². The smallest absolute Gasteiger partial charge is 0.338 e. The Balaban J connectivity index is 1.75. The van der Waals surface area contributed by atoms with Crippen molar-refractivity contribution in [1.82, 2.24) is 9.97 Å². The van der Waals surface area contributed by atoms with E-state index < -0.39 is 22.2 Å². The van der Waals surface area contributed by atoms with E-state index in [9.17, 15) is 20.1 Å². The first-order chi connectivity index (χ1) is 15.2. The second-order valence-corrected chi connectivity index (χ2v) is 8.96. The van der Waals surface area contributed by atoms with E-state index in [2.05, 4.69) is 15.3 Å². The van der Waals surface area contributed by atoms with Crippen LogP contribution in [0.4, 0.5) is 5.69 Å². The summed E-state index contributed by atoms with van der Waals surface area (Å²) in [6.07, 6.45) is 1.27. The maximum Gasteiger partial charge on any atom is 0.338 e. The van der Waals surface area contributed by atoms with E-state index in [1.54, 1.807) is 31.2 Å². The fourth-order valence-electron chi connectivity index (χ4n) is 5.28. The molecule has 2 atom stereocenters. The average molecular weight is 429 g/mol. The summed E-state index contributed by atoms with van der Waals surface area (Å²) in [5.74, 6) is -0.661. The zero-order valence-electron chi connectivity index (χ0n) is 18.4. The fourth-order valence-corrected chi connectivity index (χ4v) is 5.28. The van der Waals surface area contributed by atoms with Crippen LogP contribution in [-0.2, 0) is 20.4 Å². The van der Waals surface area contributed by atoms with Crippen molar-refractivity contribution in [3.05, 3.63) is 52.6 Å². The standard InChI is InChI=1S/C24H23N5O3/c1-5-32-20(30)14-6-8-15(9-7-14)27-21(31)24-11-10-23(4,22(24,2)3)18-19(24)29-17(13-26)16(12-25)28-18/h6-9H,5,10-11H2,1-4H3,(H,27,31). The zero-order chi connectivity index (χ0) is 23.3. The first-order valence-corrected chi connectivity index (χ1v) is 10.5. The van der Waals surface area contributed by atoms with E-state index in [0.717, 1.165) is 0 Å². The van der Waals surface area contributed by atoms with Crippen molar-refractivity contribution in [3.8, 4) is 12.1 Å². The Hall–Kier alpha value is -3.78. The molecule has 0 spiro atoms. The third-order valence-corrected chi connectivity index (χ3v) is 7.52. The van der Waals surface area contributed by atoms with Gasteiger partial charge in [0.05, 0.1) is 29.0 Å². The maximum atomic E-state index is 13.8. The van der Waals surface area contributed by atoms with Crippen molar-refractivity contribution in [2.24, 2.45) is 5.41 Å². The molecule has 8 nitrogen and oxygen atoms in total. The van der Waals surface area contributed by atoms with Crippen LogP contribution in [0.3, 0.4) is 0 Å². The Morgan fingerprint density at radius 2 is 1.62 bits per heavy atom. The van der Waals surface area contributed by atoms with Gasteiger partial charge in [-0.05, 0) is 49.4 Å². The number of anilines is 1. The number of carbonyl (C=O) groups is 2. The van der Waals surface area contributed by atoms with E-state index in [4.69, 9.17) is 4.74 Å². The molecule has 1 aromatic carbocycles. The van der Waals surface area contributed by atoms with Crippen LogP contribution < -0.4 is 5.32 Å². The van der Waals surface area contributed by atoms with Gasteiger partial charge >= 0.3 is 5.97 Å². The van der Waals surface area contributed by atoms with Crippen molar-refractivity contribution in [1.29, 1.82) is 10.5 Å². The average Bonchev–Trinajstić information content (AvgIpc) is 3.08. The number of hydrogen-bond donors (Lipinski definition) is 1. The van der Waals surface area contributed by atoms with Gasteiger partial charge in [-0.1, -0.05) is 20.8 Å². The van der Waals surface area contributed by atoms with Gasteiger partial charge in [-0.3, -0.25) is 4.79 Å². The Labute approximate surface area is 186 Å². The lowest BCUT2D eigenvalue weighted by Crippen LogP contribution is -2.48. The van der Waals surface area contributed by atoms with Crippen LogP contribution in [0.5, 0.6) is 0 Å². The highest BCUT2D eigenvalue weighted by Crippen LogP contribution is 2.70. The van der Waals surface area contributed by atoms with Gasteiger partial charge < -0.3 is 10.1 Å². The number of benzene rings is 1. The quantitative estimate of drug-likeness (QED) is 0.738. The molecule has 0 saturated heterocycles. The zero-order valence-corrected chi connectivity index (χ0v) is 18.4. The number of nitriles is 2. The monoisotopic (exact) mass is 429 g/mol. The number of nitrogens with one attached hydrogen (secondary N) is 1. The molecule has 1 N–H and O–H groups in total. The molecule has 2 bridgehead atoms. The van der Waals surface area contributed by atoms with Crippen molar-refractivity contribution in [3.63, 3.8) is 0 Å². The lowest BCUT2D eigenvalue weighted by Gasteiger charge is -2.39. The van der Waals surface area contributed by atoms with Crippen LogP contribution >= 0.6 is 0 Å². The Morgan fingerprint density at radius 1 is 1.03 bits per heavy atom. The molecular formula is C24H23N5O3. The molecule has 32 heavy (non-hydrogen) atoms. The highest BCUT2D eigenvalue weighted by atomic mass is 16.5. The molecule has 2 aliphatic carbocycles. The van der Waals surface area contributed by atoms with Gasteiger partial charge in [0.15, 0.2) is 11.4 Å². The fraction of sp³-hybridized carbons (Fsp3) is 0.417. The summed E-state index contributed by atoms with van der Waals surface area (Å²) in [4.78, 5) is 34.6. The molecular weight excluding hydrogens is 406 g/mol. The molecule has 0 radical (unpaired) electrons. The van der Waals surface area contributed by atoms with Gasteiger partial charge in [0.1, 0.15) is 12.1 Å². The predicted molar refractivity (Wildman–Crippen MR) is 115 cm³/mol. The number of aromatic nitrogens is 2. The molecule has 1 heterocycles. The van der Waals surface area contributed by atoms with E-state index in [1.807, 2.05) is 32.9 Å². The van der Waals surface area contributed by atoms with Gasteiger partial charge in [0.25, 0.3) is 0 Å². The minimum atomic E-state index is -0.997. The van der Waals surface area contributed by atoms with E-state index in [-0.39, 0.29) is 23.9 Å². The van der Waals surface area contributed by atoms with Crippen molar-refractivity contribution >= 4 is 17.6 Å². The van der Waals surface area contributed by atoms with Crippen LogP contribution in [0.15, 0.2) is 24.3 Å². The lowest BCUT2D eigenvalue weighted by molar-refractivity contribution is -0.125. The summed E-state index contributed by atoms with van der Waals surface area (Å²) in [5, 5.41) is 21.9. The van der Waals surface area contributed by atoms with Gasteiger partial charge in [-0.2, -0.15) is 10.5 Å². The molecule has 2 unspecified atom stereocenters. The van der Waals surface area contributed by atoms with Gasteiger partial charge in [-0.25, -0.2) is 14.8 Å². The number of carbonyl (C=O) groups excluding carboxylic acids is 2. The van der Waals surface area contributed by atoms with E-state index in [0.29, 0.717) is 35.5 Å². The molecule has 1 amide bonds. The second kappa shape index (κ2) is 7.13. The third kappa shape index (κ3) is 2.59. The Morgan fingerprint density at radius 3 is 2.19 bits per heavy atom. The molecule has 4 rings (SSSR count). The second-order valence-electron chi connectivity index (χ2n) is 8.96. The minimum absolute atomic E-state index is 0.0130. The minimum Gasteiger partial charge on any atom is -0.462 e. The summed E-state index contributed by atoms with van der Waals surface area (Å²) >= 11 is 0. The van der Waals surface area contributed by atoms with Gasteiger partial charge in [0.2, 0.25) is 5.91 Å². The van der Waals surface area contributed by atoms with Crippen LogP contribution in [0, 0.1) is 28.1 Å². The number of rotatable bonds is 4. The largest absolute Gasteiger partial charge is 0.462 e. The van der Waals surface area contributed by atoms with Crippen molar-refractivity contribution < 1.29 is 14.3 Å². The van der Waals surface area contributed by atoms with Gasteiger partial charge in [-0.15, -0.1) is 0 Å². The number of fused-ring (bicyclic) bond motifs is 5. The molecule has 0 aliphatic heterocycles. The molecule has 2 aliphatic rings. The Kier molecular flexibility index (Phi) is 4.78. The summed E-state index contributed by atoms with van der Waals surface area (Å²) in [6, 6.07) is 10.4. The highest BCUT2D eigenvalue weighted by molar-refractivity contribution is 6.02. The molecule has 1 fully saturated rings. The number of amides is 1. The first-order valence-electron chi connectivity index (χ1n) is 10.5. The molecule has 1 aromatic heterocycles. The van der Waals surface area contributed by atoms with Crippen LogP contribution in [0.25, 0.3) is 0 Å². The topological polar surface area (TPSA) is 129 Å². The predicted octanol–water partition coefficient (Wildman–Crippen LogP) is 3.36. The lowest BCUT2D eigenvalue weighted by atomic mass is 9.63.